The van der Waals surface area contributed by atoms with Gasteiger partial charge in [0.25, 0.3) is 0 Å². The lowest BCUT2D eigenvalue weighted by Gasteiger charge is -2.11. The van der Waals surface area contributed by atoms with Crippen LogP contribution in [0.15, 0.2) is 28.9 Å². The molecule has 14 heavy (non-hydrogen) atoms. The third-order valence-electron chi connectivity index (χ3n) is 1.47. The van der Waals surface area contributed by atoms with E-state index in [-0.39, 0.29) is 5.71 Å². The van der Waals surface area contributed by atoms with Crippen LogP contribution in [-0.4, -0.2) is 11.9 Å². The Morgan fingerprint density at radius 2 is 1.93 bits per heavy atom. The normalized spacial score (nSPS) is 14.4. The average molecular weight is 202 g/mol. The monoisotopic (exact) mass is 202 g/mol. The third kappa shape index (κ3) is 3.05. The van der Waals surface area contributed by atoms with Crippen molar-refractivity contribution in [3.05, 3.63) is 23.9 Å². The van der Waals surface area contributed by atoms with Crippen molar-refractivity contribution in [1.29, 1.82) is 5.26 Å². The summed E-state index contributed by atoms with van der Waals surface area (Å²) in [6, 6.07) is 1.46. The molecule has 0 heterocycles. The van der Waals surface area contributed by atoms with Crippen molar-refractivity contribution >= 4 is 5.71 Å². The zero-order valence-electron chi connectivity index (χ0n) is 7.81. The van der Waals surface area contributed by atoms with Gasteiger partial charge in [-0.15, -0.1) is 0 Å². The first-order chi connectivity index (χ1) is 6.34. The van der Waals surface area contributed by atoms with Crippen molar-refractivity contribution in [1.82, 2.24) is 0 Å². The number of alkyl halides is 3. The van der Waals surface area contributed by atoms with Crippen molar-refractivity contribution in [2.45, 2.75) is 20.0 Å². The molecular weight excluding hydrogens is 193 g/mol. The number of allylic oxidation sites excluding steroid dienone is 2. The SMILES string of the molecule is C=C/N=C(C)\C(=C(/C)C#N)C(F)(F)F. The van der Waals surface area contributed by atoms with E-state index < -0.39 is 17.3 Å². The maximum Gasteiger partial charge on any atom is 0.419 e. The highest BCUT2D eigenvalue weighted by Crippen LogP contribution is 2.29. The molecule has 0 fully saturated rings. The van der Waals surface area contributed by atoms with Crippen molar-refractivity contribution in [3.63, 3.8) is 0 Å². The maximum atomic E-state index is 12.4. The largest absolute Gasteiger partial charge is 0.419 e. The lowest BCUT2D eigenvalue weighted by atomic mass is 10.1. The third-order valence-corrected chi connectivity index (χ3v) is 1.47. The molecule has 2 nitrogen and oxygen atoms in total. The lowest BCUT2D eigenvalue weighted by Crippen LogP contribution is -2.19. The predicted molar refractivity (Wildman–Crippen MR) is 47.7 cm³/mol. The molecule has 0 aromatic carbocycles. The Bertz CT molecular complexity index is 329. The fourth-order valence-electron chi connectivity index (χ4n) is 0.946. The van der Waals surface area contributed by atoms with E-state index in [4.69, 9.17) is 5.26 Å². The molecule has 0 aromatic rings. The summed E-state index contributed by atoms with van der Waals surface area (Å²) in [5.74, 6) is 0. The minimum atomic E-state index is -4.56. The number of nitriles is 1. The molecule has 0 bridgehead atoms. The molecule has 0 atom stereocenters. The second-order valence-corrected chi connectivity index (χ2v) is 2.51. The summed E-state index contributed by atoms with van der Waals surface area (Å²) in [5, 5.41) is 8.40. The van der Waals surface area contributed by atoms with Crippen LogP contribution in [0.25, 0.3) is 0 Å². The van der Waals surface area contributed by atoms with Crippen molar-refractivity contribution in [2.75, 3.05) is 0 Å². The van der Waals surface area contributed by atoms with Crippen LogP contribution in [-0.2, 0) is 0 Å². The van der Waals surface area contributed by atoms with Gasteiger partial charge < -0.3 is 0 Å². The van der Waals surface area contributed by atoms with E-state index >= 15 is 0 Å². The van der Waals surface area contributed by atoms with Crippen LogP contribution >= 0.6 is 0 Å². The van der Waals surface area contributed by atoms with Gasteiger partial charge >= 0.3 is 6.18 Å². The molecule has 0 saturated carbocycles. The molecular formula is C9H9F3N2. The second kappa shape index (κ2) is 4.61. The first-order valence-electron chi connectivity index (χ1n) is 3.68. The molecule has 76 valence electrons. The molecule has 0 spiro atoms. The lowest BCUT2D eigenvalue weighted by molar-refractivity contribution is -0.0866. The molecule has 0 unspecified atom stereocenters. The summed E-state index contributed by atoms with van der Waals surface area (Å²) in [5.41, 5.74) is -1.66. The highest BCUT2D eigenvalue weighted by molar-refractivity contribution is 6.00. The van der Waals surface area contributed by atoms with E-state index in [0.717, 1.165) is 13.1 Å². The summed E-state index contributed by atoms with van der Waals surface area (Å²) in [7, 11) is 0. The number of aliphatic imine (C=N–C) groups is 1. The van der Waals surface area contributed by atoms with Gasteiger partial charge in [-0.3, -0.25) is 4.99 Å². The number of nitrogens with zero attached hydrogens (tertiary/aromatic N) is 2. The molecule has 0 amide bonds. The molecule has 0 N–H and O–H groups in total. The highest BCUT2D eigenvalue weighted by Gasteiger charge is 2.37. The summed E-state index contributed by atoms with van der Waals surface area (Å²) < 4.78 is 37.2. The first kappa shape index (κ1) is 12.4. The van der Waals surface area contributed by atoms with E-state index in [2.05, 4.69) is 11.6 Å². The second-order valence-electron chi connectivity index (χ2n) is 2.51. The average Bonchev–Trinajstić information content (AvgIpc) is 2.02. The molecule has 0 saturated heterocycles. The summed E-state index contributed by atoms with van der Waals surface area (Å²) in [4.78, 5) is 3.41. The van der Waals surface area contributed by atoms with Gasteiger partial charge in [-0.1, -0.05) is 6.58 Å². The minimum Gasteiger partial charge on any atom is -0.262 e. The molecule has 0 rings (SSSR count). The highest BCUT2D eigenvalue weighted by atomic mass is 19.4. The van der Waals surface area contributed by atoms with Gasteiger partial charge in [0.1, 0.15) is 0 Å². The molecule has 0 radical (unpaired) electrons. The van der Waals surface area contributed by atoms with E-state index in [1.807, 2.05) is 0 Å². The van der Waals surface area contributed by atoms with Crippen molar-refractivity contribution < 1.29 is 13.2 Å². The fourth-order valence-corrected chi connectivity index (χ4v) is 0.946. The van der Waals surface area contributed by atoms with Gasteiger partial charge in [-0.05, 0) is 13.8 Å². The van der Waals surface area contributed by atoms with Crippen LogP contribution < -0.4 is 0 Å². The molecule has 5 heteroatoms. The van der Waals surface area contributed by atoms with Gasteiger partial charge in [-0.2, -0.15) is 18.4 Å². The Morgan fingerprint density at radius 3 is 2.21 bits per heavy atom. The van der Waals surface area contributed by atoms with Crippen LogP contribution in [0.3, 0.4) is 0 Å². The van der Waals surface area contributed by atoms with E-state index in [0.29, 0.717) is 0 Å². The molecule has 0 aliphatic rings. The first-order valence-corrected chi connectivity index (χ1v) is 3.68. The Kier molecular flexibility index (Phi) is 4.09. The summed E-state index contributed by atoms with van der Waals surface area (Å²) in [6.07, 6.45) is -3.55. The van der Waals surface area contributed by atoms with Gasteiger partial charge in [0.2, 0.25) is 0 Å². The van der Waals surface area contributed by atoms with Gasteiger partial charge in [0.05, 0.1) is 17.4 Å². The number of rotatable bonds is 2. The van der Waals surface area contributed by atoms with Gasteiger partial charge in [-0.25, -0.2) is 0 Å². The van der Waals surface area contributed by atoms with Crippen LogP contribution in [0.2, 0.25) is 0 Å². The van der Waals surface area contributed by atoms with Crippen LogP contribution in [0.5, 0.6) is 0 Å². The van der Waals surface area contributed by atoms with Crippen molar-refractivity contribution in [3.8, 4) is 6.07 Å². The molecule has 0 aliphatic carbocycles. The van der Waals surface area contributed by atoms with Crippen molar-refractivity contribution in [2.24, 2.45) is 4.99 Å². The van der Waals surface area contributed by atoms with E-state index in [9.17, 15) is 13.2 Å². The maximum absolute atomic E-state index is 12.4. The Morgan fingerprint density at radius 1 is 1.43 bits per heavy atom. The molecule has 0 aliphatic heterocycles. The Labute approximate surface area is 80.1 Å². The standard InChI is InChI=1S/C9H9F3N2/c1-4-14-7(3)8(6(2)5-13)9(10,11)12/h4H,1H2,2-3H3/b8-6-,14-7-. The summed E-state index contributed by atoms with van der Waals surface area (Å²) >= 11 is 0. The zero-order chi connectivity index (χ0) is 11.4. The smallest absolute Gasteiger partial charge is 0.262 e. The van der Waals surface area contributed by atoms with E-state index in [1.54, 1.807) is 0 Å². The van der Waals surface area contributed by atoms with E-state index in [1.165, 1.54) is 13.0 Å². The van der Waals surface area contributed by atoms with Crippen LogP contribution in [0.1, 0.15) is 13.8 Å². The van der Waals surface area contributed by atoms with Crippen LogP contribution in [0, 0.1) is 11.3 Å². The van der Waals surface area contributed by atoms with Gasteiger partial charge in [0, 0.05) is 11.8 Å². The quantitative estimate of drug-likeness (QED) is 0.500. The predicted octanol–water partition coefficient (Wildman–Crippen LogP) is 2.99. The van der Waals surface area contributed by atoms with Gasteiger partial charge in [0.15, 0.2) is 0 Å². The number of hydrogen-bond donors (Lipinski definition) is 0. The number of hydrogen-bond acceptors (Lipinski definition) is 2. The molecule has 0 aromatic heterocycles. The zero-order valence-corrected chi connectivity index (χ0v) is 7.81. The Hall–Kier alpha value is -1.57. The minimum absolute atomic E-state index is 0.258. The number of halogens is 3. The van der Waals surface area contributed by atoms with Crippen LogP contribution in [0.4, 0.5) is 13.2 Å². The topological polar surface area (TPSA) is 36.1 Å². The summed E-state index contributed by atoms with van der Waals surface area (Å²) in [6.45, 7) is 5.48. The Balaban J connectivity index is 5.50. The fraction of sp³-hybridized carbons (Fsp3) is 0.333.